The van der Waals surface area contributed by atoms with Crippen LogP contribution in [0.2, 0.25) is 0 Å². The number of carbonyl (C=O) groups excluding carboxylic acids is 1. The molecule has 3 fully saturated rings. The zero-order valence-corrected chi connectivity index (χ0v) is 25.5. The molecule has 13 heteroatoms. The topological polar surface area (TPSA) is 64.9 Å². The highest BCUT2D eigenvalue weighted by Crippen LogP contribution is 2.50. The summed E-state index contributed by atoms with van der Waals surface area (Å²) in [7, 11) is 0. The normalized spacial score (nSPS) is 21.4. The lowest BCUT2D eigenvalue weighted by molar-refractivity contribution is -0.137. The first-order valence-corrected chi connectivity index (χ1v) is 16.3. The van der Waals surface area contributed by atoms with Gasteiger partial charge < -0.3 is 9.80 Å². The fourth-order valence-corrected chi connectivity index (χ4v) is 8.24. The highest BCUT2D eigenvalue weighted by Gasteiger charge is 2.40. The number of benzene rings is 2. The molecular weight excluding hydrogens is 608 g/mol. The molecule has 8 nitrogen and oxygen atoms in total. The van der Waals surface area contributed by atoms with Crippen molar-refractivity contribution in [1.29, 1.82) is 0 Å². The maximum Gasteiger partial charge on any atom is 0.417 e. The lowest BCUT2D eigenvalue weighted by atomic mass is 9.96. The first-order chi connectivity index (χ1) is 21.6. The Morgan fingerprint density at radius 3 is 2.33 bits per heavy atom. The highest BCUT2D eigenvalue weighted by atomic mass is 32.2. The Labute approximate surface area is 262 Å². The number of amides is 1. The lowest BCUT2D eigenvalue weighted by Crippen LogP contribution is -2.50. The van der Waals surface area contributed by atoms with Gasteiger partial charge in [0.25, 0.3) is 0 Å². The molecule has 4 heterocycles. The van der Waals surface area contributed by atoms with Crippen molar-refractivity contribution in [2.75, 3.05) is 69.6 Å². The molecule has 3 aromatic rings. The minimum Gasteiger partial charge on any atom is -0.352 e. The van der Waals surface area contributed by atoms with Gasteiger partial charge in [0.2, 0.25) is 5.91 Å². The van der Waals surface area contributed by atoms with Crippen LogP contribution in [-0.2, 0) is 11.0 Å². The molecule has 2 aromatic carbocycles. The second-order valence-corrected chi connectivity index (χ2v) is 13.2. The summed E-state index contributed by atoms with van der Waals surface area (Å²) in [4.78, 5) is 39.2. The van der Waals surface area contributed by atoms with Crippen molar-refractivity contribution in [1.82, 2.24) is 24.3 Å². The quantitative estimate of drug-likeness (QED) is 0.290. The number of hydrogen-bond donors (Lipinski definition) is 0. The van der Waals surface area contributed by atoms with Crippen molar-refractivity contribution in [2.45, 2.75) is 36.0 Å². The third kappa shape index (κ3) is 5.74. The van der Waals surface area contributed by atoms with Crippen molar-refractivity contribution < 1.29 is 22.4 Å². The van der Waals surface area contributed by atoms with Gasteiger partial charge >= 0.3 is 11.9 Å². The smallest absolute Gasteiger partial charge is 0.352 e. The first kappa shape index (κ1) is 30.2. The van der Waals surface area contributed by atoms with Gasteiger partial charge in [0.05, 0.1) is 17.1 Å². The van der Waals surface area contributed by atoms with Crippen LogP contribution < -0.4 is 10.6 Å². The van der Waals surface area contributed by atoms with Crippen LogP contribution >= 0.6 is 11.8 Å². The summed E-state index contributed by atoms with van der Waals surface area (Å²) >= 11 is 1.32. The lowest BCUT2D eigenvalue weighted by Gasteiger charge is -2.39. The van der Waals surface area contributed by atoms with E-state index in [1.54, 1.807) is 14.4 Å². The summed E-state index contributed by atoms with van der Waals surface area (Å²) in [5.41, 5.74) is -0.748. The van der Waals surface area contributed by atoms with Gasteiger partial charge in [0.1, 0.15) is 11.6 Å². The van der Waals surface area contributed by atoms with Crippen LogP contribution in [0.15, 0.2) is 52.7 Å². The maximum absolute atomic E-state index is 14.8. The fourth-order valence-electron chi connectivity index (χ4n) is 6.91. The number of thioether (sulfide) groups is 1. The summed E-state index contributed by atoms with van der Waals surface area (Å²) in [6, 6.07) is 6.52. The molecule has 0 unspecified atom stereocenters. The zero-order valence-electron chi connectivity index (χ0n) is 24.7. The van der Waals surface area contributed by atoms with E-state index in [0.29, 0.717) is 54.9 Å². The van der Waals surface area contributed by atoms with Crippen molar-refractivity contribution in [3.8, 4) is 11.1 Å². The van der Waals surface area contributed by atoms with Crippen LogP contribution in [0.5, 0.6) is 0 Å². The van der Waals surface area contributed by atoms with E-state index in [4.69, 9.17) is 0 Å². The Bertz CT molecular complexity index is 1690. The molecule has 2 saturated heterocycles. The van der Waals surface area contributed by atoms with Gasteiger partial charge in [0.15, 0.2) is 0 Å². The van der Waals surface area contributed by atoms with E-state index in [0.717, 1.165) is 44.4 Å². The minimum atomic E-state index is -4.72. The third-order valence-electron chi connectivity index (χ3n) is 9.37. The molecular formula is C32H34F4N6O2S. The molecule has 238 valence electrons. The Balaban J connectivity index is 1.36. The van der Waals surface area contributed by atoms with E-state index < -0.39 is 23.2 Å². The Hall–Kier alpha value is -3.42. The summed E-state index contributed by atoms with van der Waals surface area (Å²) < 4.78 is 60.0. The van der Waals surface area contributed by atoms with Gasteiger partial charge in [-0.3, -0.25) is 19.2 Å². The van der Waals surface area contributed by atoms with Crippen LogP contribution in [0.1, 0.15) is 24.4 Å². The number of alkyl halides is 3. The Morgan fingerprint density at radius 1 is 1.02 bits per heavy atom. The van der Waals surface area contributed by atoms with Gasteiger partial charge in [-0.15, -0.1) is 11.8 Å². The standard InChI is InChI=1S/C32H34F4N6O2S/c1-2-26(43)40-13-15-41(16-14-40)30-24-17-25(32(34,35)36)27(20-3-5-21(33)6-4-20)29-28(24)42(31(44)37-30)23(19-45-29)18-38-9-11-39(12-10-38)22-7-8-22/h2-6,17,22-23H,1,7-16,18-19H2/t23-/m0/s1. The molecule has 1 saturated carbocycles. The summed E-state index contributed by atoms with van der Waals surface area (Å²) in [5.74, 6) is -0.175. The van der Waals surface area contributed by atoms with Gasteiger partial charge in [0, 0.05) is 86.5 Å². The van der Waals surface area contributed by atoms with Crippen molar-refractivity contribution in [2.24, 2.45) is 0 Å². The number of carbonyl (C=O) groups is 1. The number of rotatable bonds is 6. The molecule has 45 heavy (non-hydrogen) atoms. The molecule has 1 amide bonds. The molecule has 3 aliphatic heterocycles. The number of aromatic nitrogens is 2. The molecule has 0 bridgehead atoms. The van der Waals surface area contributed by atoms with Gasteiger partial charge in [-0.1, -0.05) is 18.7 Å². The van der Waals surface area contributed by atoms with Crippen molar-refractivity contribution >= 4 is 34.4 Å². The van der Waals surface area contributed by atoms with E-state index in [1.165, 1.54) is 42.8 Å². The van der Waals surface area contributed by atoms with E-state index in [2.05, 4.69) is 21.4 Å². The highest BCUT2D eigenvalue weighted by molar-refractivity contribution is 7.99. The largest absolute Gasteiger partial charge is 0.417 e. The van der Waals surface area contributed by atoms with Crippen LogP contribution in [-0.4, -0.2) is 101 Å². The summed E-state index contributed by atoms with van der Waals surface area (Å²) in [6.45, 7) is 9.07. The molecule has 0 radical (unpaired) electrons. The predicted molar refractivity (Wildman–Crippen MR) is 166 cm³/mol. The molecule has 1 atom stereocenters. The monoisotopic (exact) mass is 642 g/mol. The van der Waals surface area contributed by atoms with E-state index in [-0.39, 0.29) is 34.3 Å². The summed E-state index contributed by atoms with van der Waals surface area (Å²) in [5, 5.41) is 0.252. The van der Waals surface area contributed by atoms with Crippen molar-refractivity contribution in [3.63, 3.8) is 0 Å². The van der Waals surface area contributed by atoms with Crippen LogP contribution in [0.4, 0.5) is 23.4 Å². The third-order valence-corrected chi connectivity index (χ3v) is 10.6. The molecule has 4 aliphatic rings. The zero-order chi connectivity index (χ0) is 31.5. The average molecular weight is 643 g/mol. The van der Waals surface area contributed by atoms with Gasteiger partial charge in [-0.25, -0.2) is 9.18 Å². The average Bonchev–Trinajstić information content (AvgIpc) is 3.89. The van der Waals surface area contributed by atoms with Crippen molar-refractivity contribution in [3.05, 3.63) is 64.9 Å². The number of anilines is 1. The predicted octanol–water partition coefficient (Wildman–Crippen LogP) is 4.48. The summed E-state index contributed by atoms with van der Waals surface area (Å²) in [6.07, 6.45) is -0.992. The minimum absolute atomic E-state index is 0.0526. The first-order valence-electron chi connectivity index (χ1n) is 15.3. The number of hydrogen-bond acceptors (Lipinski definition) is 7. The fraction of sp³-hybridized carbons (Fsp3) is 0.469. The van der Waals surface area contributed by atoms with Crippen LogP contribution in [0.25, 0.3) is 22.0 Å². The van der Waals surface area contributed by atoms with E-state index >= 15 is 0 Å². The number of piperazine rings is 2. The second kappa shape index (κ2) is 11.7. The molecule has 7 rings (SSSR count). The van der Waals surface area contributed by atoms with E-state index in [9.17, 15) is 27.2 Å². The Morgan fingerprint density at radius 2 is 1.71 bits per heavy atom. The molecule has 0 N–H and O–H groups in total. The van der Waals surface area contributed by atoms with E-state index in [1.807, 2.05) is 0 Å². The van der Waals surface area contributed by atoms with Gasteiger partial charge in [-0.05, 0) is 42.7 Å². The SMILES string of the molecule is C=CC(=O)N1CCN(c2nc(=O)n3c4c(c(-c5ccc(F)cc5)c(C(F)(F)F)cc24)SC[C@@H]3CN2CCN(C3CC3)CC2)CC1. The molecule has 1 aromatic heterocycles. The molecule has 1 aliphatic carbocycles. The number of halogens is 4. The van der Waals surface area contributed by atoms with Crippen LogP contribution in [0, 0.1) is 5.82 Å². The second-order valence-electron chi connectivity index (χ2n) is 12.2. The maximum atomic E-state index is 14.8. The Kier molecular flexibility index (Phi) is 7.89. The number of nitrogens with zero attached hydrogens (tertiary/aromatic N) is 6. The van der Waals surface area contributed by atoms with Gasteiger partial charge in [-0.2, -0.15) is 18.2 Å². The molecule has 0 spiro atoms. The van der Waals surface area contributed by atoms with Crippen LogP contribution in [0.3, 0.4) is 0 Å².